The van der Waals surface area contributed by atoms with E-state index in [9.17, 15) is 22.8 Å². The second-order valence-electron chi connectivity index (χ2n) is 7.38. The van der Waals surface area contributed by atoms with E-state index in [0.29, 0.717) is 0 Å². The van der Waals surface area contributed by atoms with Crippen LogP contribution in [-0.2, 0) is 11.3 Å². The number of aliphatic carboxylic acids is 1. The van der Waals surface area contributed by atoms with Crippen molar-refractivity contribution in [1.82, 2.24) is 15.2 Å². The lowest BCUT2D eigenvalue weighted by molar-refractivity contribution is -0.187. The monoisotopic (exact) mass is 397 g/mol. The first-order chi connectivity index (χ1) is 13.0. The molecule has 0 aliphatic carbocycles. The third-order valence-corrected chi connectivity index (χ3v) is 5.42. The largest absolute Gasteiger partial charge is 0.481 e. The molecule has 0 bridgehead atoms. The van der Waals surface area contributed by atoms with Gasteiger partial charge in [-0.15, -0.1) is 0 Å². The zero-order valence-corrected chi connectivity index (χ0v) is 15.8. The van der Waals surface area contributed by atoms with Gasteiger partial charge in [-0.1, -0.05) is 11.6 Å². The van der Waals surface area contributed by atoms with Gasteiger partial charge in [0.15, 0.2) is 0 Å². The van der Waals surface area contributed by atoms with Gasteiger partial charge < -0.3 is 20.3 Å². The van der Waals surface area contributed by atoms with Crippen molar-refractivity contribution in [2.45, 2.75) is 33.5 Å². The number of likely N-dealkylation sites (tertiary alicyclic amines) is 1. The summed E-state index contributed by atoms with van der Waals surface area (Å²) in [5.41, 5.74) is 4.80. The Bertz CT molecular complexity index is 936. The number of carboxylic acids is 1. The number of aromatic nitrogens is 1. The lowest BCUT2D eigenvalue weighted by Crippen LogP contribution is -2.39. The number of urea groups is 1. The van der Waals surface area contributed by atoms with Crippen molar-refractivity contribution in [2.24, 2.45) is 11.8 Å². The Morgan fingerprint density at radius 1 is 1.25 bits per heavy atom. The number of aryl methyl sites for hydroxylation is 3. The number of amides is 2. The molecule has 0 saturated carbocycles. The minimum atomic E-state index is -4.67. The number of benzene rings is 1. The van der Waals surface area contributed by atoms with Crippen molar-refractivity contribution < 1.29 is 27.9 Å². The number of halogens is 3. The van der Waals surface area contributed by atoms with E-state index in [1.54, 1.807) is 0 Å². The molecule has 0 radical (unpaired) electrons. The molecule has 2 heterocycles. The predicted molar refractivity (Wildman–Crippen MR) is 97.0 cm³/mol. The van der Waals surface area contributed by atoms with Crippen LogP contribution in [0.5, 0.6) is 0 Å². The Morgan fingerprint density at radius 2 is 1.93 bits per heavy atom. The molecule has 1 aromatic carbocycles. The average Bonchev–Trinajstić information content (AvgIpc) is 3.16. The molecule has 1 fully saturated rings. The standard InChI is InChI=1S/C19H22F3N3O3/c1-9-4-12(16-13(5-9)10(2)11(3)24-16)6-23-18(28)25-7-14(17(26)27)15(8-25)19(20,21)22/h4-5,14-15,24H,6-8H2,1-3H3,(H,23,28)(H,26,27)/t14-,15-/m1/s1. The van der Waals surface area contributed by atoms with Gasteiger partial charge in [-0.25, -0.2) is 4.79 Å². The second kappa shape index (κ2) is 7.03. The minimum Gasteiger partial charge on any atom is -0.481 e. The Labute approximate surface area is 159 Å². The number of hydrogen-bond donors (Lipinski definition) is 3. The van der Waals surface area contributed by atoms with E-state index in [2.05, 4.69) is 10.3 Å². The molecule has 3 rings (SSSR count). The third-order valence-electron chi connectivity index (χ3n) is 5.42. The highest BCUT2D eigenvalue weighted by Gasteiger charge is 2.53. The number of carboxylic acid groups (broad SMARTS) is 1. The number of carbonyl (C=O) groups excluding carboxylic acids is 1. The first kappa shape index (κ1) is 20.0. The molecule has 2 aromatic rings. The summed E-state index contributed by atoms with van der Waals surface area (Å²) in [6, 6.07) is 3.24. The van der Waals surface area contributed by atoms with Crippen molar-refractivity contribution in [3.63, 3.8) is 0 Å². The van der Waals surface area contributed by atoms with Crippen molar-refractivity contribution in [3.8, 4) is 0 Å². The first-order valence-corrected chi connectivity index (χ1v) is 8.89. The van der Waals surface area contributed by atoms with Crippen molar-refractivity contribution in [3.05, 3.63) is 34.5 Å². The summed E-state index contributed by atoms with van der Waals surface area (Å²) in [4.78, 5) is 27.8. The van der Waals surface area contributed by atoms with Crippen molar-refractivity contribution in [1.29, 1.82) is 0 Å². The Balaban J connectivity index is 1.75. The van der Waals surface area contributed by atoms with Gasteiger partial charge in [-0.05, 0) is 38.0 Å². The molecule has 1 saturated heterocycles. The summed E-state index contributed by atoms with van der Waals surface area (Å²) in [6.07, 6.45) is -4.67. The number of fused-ring (bicyclic) bond motifs is 1. The Hall–Kier alpha value is -2.71. The van der Waals surface area contributed by atoms with Crippen LogP contribution in [-0.4, -0.2) is 46.3 Å². The number of nitrogens with zero attached hydrogens (tertiary/aromatic N) is 1. The van der Waals surface area contributed by atoms with Gasteiger partial charge >= 0.3 is 18.2 Å². The zero-order chi connectivity index (χ0) is 20.8. The summed E-state index contributed by atoms with van der Waals surface area (Å²) >= 11 is 0. The van der Waals surface area contributed by atoms with Crippen LogP contribution in [0.1, 0.15) is 22.4 Å². The number of hydrogen-bond acceptors (Lipinski definition) is 2. The first-order valence-electron chi connectivity index (χ1n) is 8.89. The number of alkyl halides is 3. The maximum Gasteiger partial charge on any atom is 0.394 e. The summed E-state index contributed by atoms with van der Waals surface area (Å²) in [5.74, 6) is -5.25. The molecule has 9 heteroatoms. The highest BCUT2D eigenvalue weighted by Crippen LogP contribution is 2.37. The fourth-order valence-electron chi connectivity index (χ4n) is 3.76. The van der Waals surface area contributed by atoms with Crippen LogP contribution in [0.25, 0.3) is 10.9 Å². The van der Waals surface area contributed by atoms with Crippen molar-refractivity contribution >= 4 is 22.9 Å². The maximum absolute atomic E-state index is 13.1. The lowest BCUT2D eigenvalue weighted by Gasteiger charge is -2.19. The number of H-pyrrole nitrogens is 1. The summed E-state index contributed by atoms with van der Waals surface area (Å²) in [6.45, 7) is 4.87. The van der Waals surface area contributed by atoms with Crippen molar-refractivity contribution in [2.75, 3.05) is 13.1 Å². The molecule has 1 aliphatic rings. The average molecular weight is 397 g/mol. The molecule has 0 unspecified atom stereocenters. The van der Waals surface area contributed by atoms with Crippen LogP contribution in [0, 0.1) is 32.6 Å². The molecule has 1 aromatic heterocycles. The number of rotatable bonds is 3. The molecule has 28 heavy (non-hydrogen) atoms. The number of carbonyl (C=O) groups is 2. The van der Waals surface area contributed by atoms with E-state index in [-0.39, 0.29) is 6.54 Å². The van der Waals surface area contributed by atoms with Crippen LogP contribution in [0.3, 0.4) is 0 Å². The zero-order valence-electron chi connectivity index (χ0n) is 15.8. The fraction of sp³-hybridized carbons (Fsp3) is 0.474. The SMILES string of the molecule is Cc1cc(CNC(=O)N2C[C@@H](C(F)(F)F)[C@H](C(=O)O)C2)c2[nH]c(C)c(C)c2c1. The topological polar surface area (TPSA) is 85.4 Å². The van der Waals surface area contributed by atoms with Crippen LogP contribution < -0.4 is 5.32 Å². The molecule has 0 spiro atoms. The van der Waals surface area contributed by atoms with Crippen LogP contribution in [0.2, 0.25) is 0 Å². The van der Waals surface area contributed by atoms with Gasteiger partial charge in [0.05, 0.1) is 17.4 Å². The summed E-state index contributed by atoms with van der Waals surface area (Å²) in [5, 5.41) is 12.7. The number of nitrogens with one attached hydrogen (secondary N) is 2. The molecule has 2 amide bonds. The van der Waals surface area contributed by atoms with E-state index in [1.165, 1.54) is 0 Å². The highest BCUT2D eigenvalue weighted by molar-refractivity contribution is 5.88. The second-order valence-corrected chi connectivity index (χ2v) is 7.38. The van der Waals surface area contributed by atoms with Gasteiger partial charge in [0.2, 0.25) is 0 Å². The Kier molecular flexibility index (Phi) is 5.03. The molecule has 6 nitrogen and oxygen atoms in total. The predicted octanol–water partition coefficient (Wildman–Crippen LogP) is 3.50. The van der Waals surface area contributed by atoms with E-state index >= 15 is 0 Å². The summed E-state index contributed by atoms with van der Waals surface area (Å²) < 4.78 is 39.3. The van der Waals surface area contributed by atoms with E-state index < -0.39 is 43.1 Å². The van der Waals surface area contributed by atoms with Gasteiger partial charge in [0.1, 0.15) is 0 Å². The van der Waals surface area contributed by atoms with Crippen LogP contribution in [0.4, 0.5) is 18.0 Å². The van der Waals surface area contributed by atoms with Gasteiger partial charge in [0.25, 0.3) is 0 Å². The van der Waals surface area contributed by atoms with Crippen LogP contribution in [0.15, 0.2) is 12.1 Å². The molecular formula is C19H22F3N3O3. The Morgan fingerprint density at radius 3 is 2.50 bits per heavy atom. The van der Waals surface area contributed by atoms with E-state index in [1.807, 2.05) is 32.9 Å². The minimum absolute atomic E-state index is 0.126. The normalized spacial score (nSPS) is 20.0. The van der Waals surface area contributed by atoms with Gasteiger partial charge in [-0.3, -0.25) is 4.79 Å². The third kappa shape index (κ3) is 3.65. The number of aromatic amines is 1. The van der Waals surface area contributed by atoms with Crippen LogP contribution >= 0.6 is 0 Å². The molecule has 2 atom stereocenters. The lowest BCUT2D eigenvalue weighted by atomic mass is 9.96. The maximum atomic E-state index is 13.1. The van der Waals surface area contributed by atoms with Gasteiger partial charge in [-0.2, -0.15) is 13.2 Å². The van der Waals surface area contributed by atoms with E-state index in [4.69, 9.17) is 5.11 Å². The smallest absolute Gasteiger partial charge is 0.394 e. The molecule has 152 valence electrons. The van der Waals surface area contributed by atoms with Gasteiger partial charge in [0, 0.05) is 30.7 Å². The fourth-order valence-corrected chi connectivity index (χ4v) is 3.76. The van der Waals surface area contributed by atoms with E-state index in [0.717, 1.165) is 38.2 Å². The molecular weight excluding hydrogens is 375 g/mol. The molecule has 1 aliphatic heterocycles. The quantitative estimate of drug-likeness (QED) is 0.741. The summed E-state index contributed by atoms with van der Waals surface area (Å²) in [7, 11) is 0. The highest BCUT2D eigenvalue weighted by atomic mass is 19.4. The molecule has 3 N–H and O–H groups in total.